The molecule has 0 aliphatic rings. The number of benzene rings is 1. The zero-order valence-corrected chi connectivity index (χ0v) is 10.8. The van der Waals surface area contributed by atoms with E-state index in [1.807, 2.05) is 0 Å². The van der Waals surface area contributed by atoms with Crippen LogP contribution < -0.4 is 11.5 Å². The van der Waals surface area contributed by atoms with Gasteiger partial charge in [-0.25, -0.2) is 4.79 Å². The molecule has 0 fully saturated rings. The number of esters is 1. The van der Waals surface area contributed by atoms with Crippen LogP contribution in [0.15, 0.2) is 18.2 Å². The summed E-state index contributed by atoms with van der Waals surface area (Å²) in [5, 5.41) is 9.84. The first kappa shape index (κ1) is 13.8. The Morgan fingerprint density at radius 3 is 2.55 bits per heavy atom. The molecule has 5 N–H and O–H groups in total. The number of aromatic nitrogens is 3. The number of nitrogens with zero attached hydrogens (tertiary/aromatic N) is 3. The van der Waals surface area contributed by atoms with Crippen LogP contribution in [0.2, 0.25) is 5.02 Å². The van der Waals surface area contributed by atoms with Crippen molar-refractivity contribution in [1.29, 1.82) is 0 Å². The van der Waals surface area contributed by atoms with E-state index in [1.54, 1.807) is 0 Å². The quantitative estimate of drug-likeness (QED) is 0.705. The number of hydrogen-bond donors (Lipinski definition) is 3. The summed E-state index contributed by atoms with van der Waals surface area (Å²) in [6, 6.07) is 4.02. The van der Waals surface area contributed by atoms with Crippen molar-refractivity contribution in [3.8, 4) is 5.75 Å². The molecule has 0 amide bonds. The number of halogens is 1. The lowest BCUT2D eigenvalue weighted by Gasteiger charge is -2.06. The molecule has 1 aromatic heterocycles. The highest BCUT2D eigenvalue weighted by molar-refractivity contribution is 6.31. The second kappa shape index (κ2) is 5.57. The summed E-state index contributed by atoms with van der Waals surface area (Å²) in [6.07, 6.45) is 0. The van der Waals surface area contributed by atoms with Gasteiger partial charge in [0.25, 0.3) is 0 Å². The van der Waals surface area contributed by atoms with E-state index in [0.717, 1.165) is 0 Å². The van der Waals surface area contributed by atoms with Crippen LogP contribution in [0.4, 0.5) is 11.9 Å². The number of phenols is 1. The van der Waals surface area contributed by atoms with Crippen molar-refractivity contribution in [2.45, 2.75) is 6.61 Å². The van der Waals surface area contributed by atoms with E-state index in [1.165, 1.54) is 18.2 Å². The topological polar surface area (TPSA) is 137 Å². The molecule has 1 aromatic carbocycles. The van der Waals surface area contributed by atoms with Gasteiger partial charge in [0.2, 0.25) is 11.9 Å². The number of hydrogen-bond acceptors (Lipinski definition) is 8. The number of aromatic hydroxyl groups is 1. The molecule has 2 rings (SSSR count). The molecule has 2 aromatic rings. The fourth-order valence-electron chi connectivity index (χ4n) is 1.40. The van der Waals surface area contributed by atoms with Gasteiger partial charge in [0, 0.05) is 5.02 Å². The molecule has 1 heterocycles. The molecule has 0 aliphatic heterocycles. The van der Waals surface area contributed by atoms with Crippen molar-refractivity contribution in [2.75, 3.05) is 11.5 Å². The van der Waals surface area contributed by atoms with Crippen LogP contribution in [0, 0.1) is 0 Å². The molecule has 9 heteroatoms. The number of carbonyl (C=O) groups excluding carboxylic acids is 1. The van der Waals surface area contributed by atoms with E-state index in [2.05, 4.69) is 15.0 Å². The van der Waals surface area contributed by atoms with Crippen molar-refractivity contribution in [3.05, 3.63) is 34.6 Å². The predicted octanol–water partition coefficient (Wildman–Crippen LogP) is 0.752. The van der Waals surface area contributed by atoms with E-state index in [0.29, 0.717) is 5.02 Å². The van der Waals surface area contributed by atoms with Crippen molar-refractivity contribution in [3.63, 3.8) is 0 Å². The number of ether oxygens (including phenoxy) is 1. The lowest BCUT2D eigenvalue weighted by molar-refractivity contribution is 0.0459. The van der Waals surface area contributed by atoms with E-state index in [-0.39, 0.29) is 35.6 Å². The largest absolute Gasteiger partial charge is 0.507 e. The third-order valence-electron chi connectivity index (χ3n) is 2.23. The maximum absolute atomic E-state index is 11.8. The summed E-state index contributed by atoms with van der Waals surface area (Å²) >= 11 is 5.73. The number of phenolic OH excluding ortho intramolecular Hbond substituents is 1. The second-order valence-corrected chi connectivity index (χ2v) is 4.14. The van der Waals surface area contributed by atoms with Crippen LogP contribution in [-0.2, 0) is 11.3 Å². The summed E-state index contributed by atoms with van der Waals surface area (Å²) in [5.41, 5.74) is 10.7. The number of anilines is 2. The van der Waals surface area contributed by atoms with Crippen LogP contribution in [-0.4, -0.2) is 26.0 Å². The third-order valence-corrected chi connectivity index (χ3v) is 2.46. The van der Waals surface area contributed by atoms with Gasteiger partial charge in [-0.2, -0.15) is 15.0 Å². The Labute approximate surface area is 118 Å². The van der Waals surface area contributed by atoms with Crippen molar-refractivity contribution >= 4 is 29.5 Å². The summed E-state index contributed by atoms with van der Waals surface area (Å²) in [5.74, 6) is -1.06. The minimum atomic E-state index is -0.775. The maximum Gasteiger partial charge on any atom is 0.342 e. The van der Waals surface area contributed by atoms with Crippen molar-refractivity contribution in [2.24, 2.45) is 0 Å². The van der Waals surface area contributed by atoms with Gasteiger partial charge in [-0.1, -0.05) is 11.6 Å². The van der Waals surface area contributed by atoms with Gasteiger partial charge in [0.15, 0.2) is 12.4 Å². The van der Waals surface area contributed by atoms with E-state index in [4.69, 9.17) is 27.8 Å². The van der Waals surface area contributed by atoms with Crippen LogP contribution in [0.25, 0.3) is 0 Å². The van der Waals surface area contributed by atoms with Crippen LogP contribution in [0.5, 0.6) is 5.75 Å². The monoisotopic (exact) mass is 295 g/mol. The van der Waals surface area contributed by atoms with E-state index in [9.17, 15) is 9.90 Å². The fourth-order valence-corrected chi connectivity index (χ4v) is 1.57. The van der Waals surface area contributed by atoms with Crippen molar-refractivity contribution in [1.82, 2.24) is 15.0 Å². The van der Waals surface area contributed by atoms with Crippen LogP contribution >= 0.6 is 11.6 Å². The standard InChI is InChI=1S/C11H10ClN5O3/c12-5-1-2-7(18)6(3-5)9(19)20-4-8-15-10(13)17-11(14)16-8/h1-3,18H,4H2,(H4,13,14,15,16,17). The lowest BCUT2D eigenvalue weighted by Crippen LogP contribution is -2.11. The van der Waals surface area contributed by atoms with Gasteiger partial charge in [0.1, 0.15) is 11.3 Å². The second-order valence-electron chi connectivity index (χ2n) is 3.71. The number of nitrogens with two attached hydrogens (primary N) is 2. The Kier molecular flexibility index (Phi) is 3.85. The number of rotatable bonds is 3. The highest BCUT2D eigenvalue weighted by Gasteiger charge is 2.14. The summed E-state index contributed by atoms with van der Waals surface area (Å²) < 4.78 is 4.94. The molecule has 0 saturated carbocycles. The maximum atomic E-state index is 11.8. The fraction of sp³-hybridized carbons (Fsp3) is 0.0909. The SMILES string of the molecule is Nc1nc(N)nc(COC(=O)c2cc(Cl)ccc2O)n1. The van der Waals surface area contributed by atoms with E-state index < -0.39 is 5.97 Å². The van der Waals surface area contributed by atoms with Crippen molar-refractivity contribution < 1.29 is 14.6 Å². The molecule has 0 radical (unpaired) electrons. The first-order valence-electron chi connectivity index (χ1n) is 5.37. The first-order valence-corrected chi connectivity index (χ1v) is 5.75. The molecule has 0 aliphatic carbocycles. The summed E-state index contributed by atoms with van der Waals surface area (Å²) in [4.78, 5) is 22.9. The summed E-state index contributed by atoms with van der Waals surface area (Å²) in [6.45, 7) is -0.262. The Morgan fingerprint density at radius 2 is 1.90 bits per heavy atom. The zero-order valence-electron chi connectivity index (χ0n) is 10.1. The molecular weight excluding hydrogens is 286 g/mol. The lowest BCUT2D eigenvalue weighted by atomic mass is 10.2. The molecule has 8 nitrogen and oxygen atoms in total. The number of nitrogen functional groups attached to an aromatic ring is 2. The predicted molar refractivity (Wildman–Crippen MR) is 70.9 cm³/mol. The molecule has 104 valence electrons. The minimum Gasteiger partial charge on any atom is -0.507 e. The third kappa shape index (κ3) is 3.23. The highest BCUT2D eigenvalue weighted by Crippen LogP contribution is 2.22. The van der Waals surface area contributed by atoms with Gasteiger partial charge in [-0.15, -0.1) is 0 Å². The Hall–Kier alpha value is -2.61. The first-order chi connectivity index (χ1) is 9.45. The Morgan fingerprint density at radius 1 is 1.25 bits per heavy atom. The molecule has 0 unspecified atom stereocenters. The van der Waals surface area contributed by atoms with Crippen LogP contribution in [0.1, 0.15) is 16.2 Å². The normalized spacial score (nSPS) is 10.2. The van der Waals surface area contributed by atoms with Gasteiger partial charge >= 0.3 is 5.97 Å². The molecular formula is C11H10ClN5O3. The smallest absolute Gasteiger partial charge is 0.342 e. The average Bonchev–Trinajstić information content (AvgIpc) is 2.38. The number of carbonyl (C=O) groups is 1. The molecule has 0 saturated heterocycles. The van der Waals surface area contributed by atoms with Gasteiger partial charge in [-0.3, -0.25) is 0 Å². The Balaban J connectivity index is 2.10. The Bertz CT molecular complexity index is 644. The molecule has 20 heavy (non-hydrogen) atoms. The van der Waals surface area contributed by atoms with Crippen LogP contribution in [0.3, 0.4) is 0 Å². The van der Waals surface area contributed by atoms with E-state index >= 15 is 0 Å². The molecule has 0 bridgehead atoms. The van der Waals surface area contributed by atoms with Gasteiger partial charge < -0.3 is 21.3 Å². The highest BCUT2D eigenvalue weighted by atomic mass is 35.5. The average molecular weight is 296 g/mol. The summed E-state index contributed by atoms with van der Waals surface area (Å²) in [7, 11) is 0. The zero-order chi connectivity index (χ0) is 14.7. The molecule has 0 spiro atoms. The molecule has 0 atom stereocenters. The van der Waals surface area contributed by atoms with Gasteiger partial charge in [-0.05, 0) is 18.2 Å². The minimum absolute atomic E-state index is 0.0625. The van der Waals surface area contributed by atoms with Gasteiger partial charge in [0.05, 0.1) is 0 Å².